The van der Waals surface area contributed by atoms with E-state index in [1.807, 2.05) is 0 Å². The summed E-state index contributed by atoms with van der Waals surface area (Å²) >= 11 is 1.35. The van der Waals surface area contributed by atoms with Gasteiger partial charge >= 0.3 is 0 Å². The molecule has 0 aliphatic heterocycles. The first-order chi connectivity index (χ1) is 14.9. The zero-order valence-electron chi connectivity index (χ0n) is 17.3. The first-order valence-electron chi connectivity index (χ1n) is 9.82. The van der Waals surface area contributed by atoms with Crippen molar-refractivity contribution in [2.45, 2.75) is 37.5 Å². The number of unbranched alkanes of at least 4 members (excludes halogenated alkanes) is 2. The Hall–Kier alpha value is -2.98. The third-order valence-electron chi connectivity index (χ3n) is 4.46. The van der Waals surface area contributed by atoms with E-state index in [0.29, 0.717) is 22.1 Å². The molecule has 0 bridgehead atoms. The van der Waals surface area contributed by atoms with Crippen molar-refractivity contribution in [1.29, 1.82) is 0 Å². The number of benzene rings is 2. The summed E-state index contributed by atoms with van der Waals surface area (Å²) in [7, 11) is -2.37. The van der Waals surface area contributed by atoms with Crippen LogP contribution < -0.4 is 14.8 Å². The Morgan fingerprint density at radius 1 is 1.06 bits per heavy atom. The van der Waals surface area contributed by atoms with Crippen LogP contribution in [0.25, 0.3) is 0 Å². The highest BCUT2D eigenvalue weighted by Crippen LogP contribution is 2.26. The maximum atomic E-state index is 12.7. The first-order valence-corrected chi connectivity index (χ1v) is 12.1. The molecule has 1 amide bonds. The van der Waals surface area contributed by atoms with Gasteiger partial charge in [-0.15, -0.1) is 10.2 Å². The molecule has 0 aliphatic rings. The molecule has 0 unspecified atom stereocenters. The van der Waals surface area contributed by atoms with E-state index in [2.05, 4.69) is 27.2 Å². The van der Waals surface area contributed by atoms with Gasteiger partial charge < -0.3 is 4.74 Å². The summed E-state index contributed by atoms with van der Waals surface area (Å²) in [5, 5.41) is 12.1. The number of nitrogens with one attached hydrogen (secondary N) is 2. The van der Waals surface area contributed by atoms with Gasteiger partial charge in [0.25, 0.3) is 15.9 Å². The molecular weight excluding hydrogens is 436 g/mol. The van der Waals surface area contributed by atoms with Gasteiger partial charge in [0.1, 0.15) is 10.8 Å². The van der Waals surface area contributed by atoms with E-state index in [1.54, 1.807) is 24.3 Å². The summed E-state index contributed by atoms with van der Waals surface area (Å²) < 4.78 is 33.0. The van der Waals surface area contributed by atoms with Gasteiger partial charge in [-0.25, -0.2) is 8.42 Å². The van der Waals surface area contributed by atoms with Crippen LogP contribution in [0, 0.1) is 0 Å². The Morgan fingerprint density at radius 2 is 1.81 bits per heavy atom. The van der Waals surface area contributed by atoms with Crippen molar-refractivity contribution in [3.05, 3.63) is 59.1 Å². The monoisotopic (exact) mass is 460 g/mol. The fourth-order valence-electron chi connectivity index (χ4n) is 2.82. The van der Waals surface area contributed by atoms with E-state index in [9.17, 15) is 13.2 Å². The minimum atomic E-state index is -3.84. The van der Waals surface area contributed by atoms with Crippen molar-refractivity contribution < 1.29 is 17.9 Å². The molecular formula is C21H24N4O4S2. The van der Waals surface area contributed by atoms with E-state index < -0.39 is 10.0 Å². The zero-order valence-corrected chi connectivity index (χ0v) is 18.9. The normalized spacial score (nSPS) is 11.2. The quantitative estimate of drug-likeness (QED) is 0.436. The molecule has 10 heteroatoms. The summed E-state index contributed by atoms with van der Waals surface area (Å²) in [6.45, 7) is 2.14. The highest BCUT2D eigenvalue weighted by molar-refractivity contribution is 7.92. The second-order valence-corrected chi connectivity index (χ2v) is 9.49. The summed E-state index contributed by atoms with van der Waals surface area (Å²) in [6.07, 6.45) is 4.13. The molecule has 0 aliphatic carbocycles. The third kappa shape index (κ3) is 6.02. The number of ether oxygens (including phenoxy) is 1. The van der Waals surface area contributed by atoms with Gasteiger partial charge in [0, 0.05) is 12.0 Å². The van der Waals surface area contributed by atoms with Crippen molar-refractivity contribution in [2.24, 2.45) is 0 Å². The number of hydrogen-bond donors (Lipinski definition) is 2. The van der Waals surface area contributed by atoms with Crippen LogP contribution in [-0.2, 0) is 16.4 Å². The highest BCUT2D eigenvalue weighted by atomic mass is 32.2. The molecule has 8 nitrogen and oxygen atoms in total. The van der Waals surface area contributed by atoms with Crippen molar-refractivity contribution in [3.8, 4) is 5.75 Å². The molecule has 0 atom stereocenters. The Kier molecular flexibility index (Phi) is 7.59. The predicted octanol–water partition coefficient (Wildman–Crippen LogP) is 4.33. The number of para-hydroxylation sites is 2. The van der Waals surface area contributed by atoms with Gasteiger partial charge in [0.15, 0.2) is 0 Å². The number of nitrogens with zero attached hydrogens (tertiary/aromatic N) is 2. The lowest BCUT2D eigenvalue weighted by atomic mass is 10.2. The number of sulfonamides is 1. The molecule has 0 saturated heterocycles. The standard InChI is InChI=1S/C21H24N4O4S2/c1-3-4-5-10-19-23-24-21(30-19)22-20(26)15-11-13-16(14-12-15)31(27,28)25-17-8-6-7-9-18(17)29-2/h6-9,11-14,25H,3-5,10H2,1-2H3,(H,22,24,26). The second-order valence-electron chi connectivity index (χ2n) is 6.74. The summed E-state index contributed by atoms with van der Waals surface area (Å²) in [4.78, 5) is 12.5. The Balaban J connectivity index is 1.65. The molecule has 1 aromatic heterocycles. The molecule has 0 saturated carbocycles. The van der Waals surface area contributed by atoms with E-state index >= 15 is 0 Å². The lowest BCUT2D eigenvalue weighted by Gasteiger charge is -2.11. The third-order valence-corrected chi connectivity index (χ3v) is 6.74. The van der Waals surface area contributed by atoms with Crippen LogP contribution in [0.2, 0.25) is 0 Å². The lowest BCUT2D eigenvalue weighted by Crippen LogP contribution is -2.15. The predicted molar refractivity (Wildman–Crippen MR) is 121 cm³/mol. The molecule has 3 aromatic rings. The van der Waals surface area contributed by atoms with E-state index in [4.69, 9.17) is 4.74 Å². The maximum Gasteiger partial charge on any atom is 0.262 e. The average molecular weight is 461 g/mol. The number of rotatable bonds is 10. The number of aromatic nitrogens is 2. The lowest BCUT2D eigenvalue weighted by molar-refractivity contribution is 0.102. The first kappa shape index (κ1) is 22.7. The van der Waals surface area contributed by atoms with Crippen LogP contribution in [0.1, 0.15) is 41.6 Å². The summed E-state index contributed by atoms with van der Waals surface area (Å²) in [6, 6.07) is 12.4. The highest BCUT2D eigenvalue weighted by Gasteiger charge is 2.17. The van der Waals surface area contributed by atoms with E-state index in [1.165, 1.54) is 42.7 Å². The van der Waals surface area contributed by atoms with Crippen LogP contribution in [-0.4, -0.2) is 31.6 Å². The second kappa shape index (κ2) is 10.4. The largest absolute Gasteiger partial charge is 0.495 e. The van der Waals surface area contributed by atoms with Gasteiger partial charge in [-0.05, 0) is 42.8 Å². The average Bonchev–Trinajstić information content (AvgIpc) is 3.21. The van der Waals surface area contributed by atoms with E-state index in [0.717, 1.165) is 30.7 Å². The number of carbonyl (C=O) groups excluding carboxylic acids is 1. The van der Waals surface area contributed by atoms with E-state index in [-0.39, 0.29) is 10.8 Å². The van der Waals surface area contributed by atoms with Crippen LogP contribution in [0.5, 0.6) is 5.75 Å². The van der Waals surface area contributed by atoms with Gasteiger partial charge in [-0.2, -0.15) is 0 Å². The molecule has 2 N–H and O–H groups in total. The Bertz CT molecular complexity index is 1130. The van der Waals surface area contributed by atoms with Crippen LogP contribution in [0.15, 0.2) is 53.4 Å². The number of carbonyl (C=O) groups is 1. The topological polar surface area (TPSA) is 110 Å². The minimum absolute atomic E-state index is 0.0316. The number of methoxy groups -OCH3 is 1. The minimum Gasteiger partial charge on any atom is -0.495 e. The number of hydrogen-bond acceptors (Lipinski definition) is 7. The van der Waals surface area contributed by atoms with Gasteiger partial charge in [-0.3, -0.25) is 14.8 Å². The summed E-state index contributed by atoms with van der Waals surface area (Å²) in [5.74, 6) is 0.0334. The molecule has 0 spiro atoms. The molecule has 2 aromatic carbocycles. The van der Waals surface area contributed by atoms with Crippen LogP contribution in [0.3, 0.4) is 0 Å². The Morgan fingerprint density at radius 3 is 2.52 bits per heavy atom. The fraction of sp³-hybridized carbons (Fsp3) is 0.286. The van der Waals surface area contributed by atoms with Gasteiger partial charge in [-0.1, -0.05) is 43.2 Å². The van der Waals surface area contributed by atoms with Gasteiger partial charge in [0.2, 0.25) is 5.13 Å². The molecule has 1 heterocycles. The molecule has 0 fully saturated rings. The van der Waals surface area contributed by atoms with Crippen molar-refractivity contribution >= 4 is 38.1 Å². The fourth-order valence-corrected chi connectivity index (χ4v) is 4.67. The Labute approximate surface area is 185 Å². The van der Waals surface area contributed by atoms with Crippen LogP contribution in [0.4, 0.5) is 10.8 Å². The van der Waals surface area contributed by atoms with Crippen LogP contribution >= 0.6 is 11.3 Å². The number of anilines is 2. The zero-order chi connectivity index (χ0) is 22.3. The maximum absolute atomic E-state index is 12.7. The molecule has 164 valence electrons. The number of aryl methyl sites for hydroxylation is 1. The number of amides is 1. The van der Waals surface area contributed by atoms with Crippen molar-refractivity contribution in [2.75, 3.05) is 17.1 Å². The molecule has 0 radical (unpaired) electrons. The van der Waals surface area contributed by atoms with Crippen molar-refractivity contribution in [1.82, 2.24) is 10.2 Å². The van der Waals surface area contributed by atoms with Crippen molar-refractivity contribution in [3.63, 3.8) is 0 Å². The smallest absolute Gasteiger partial charge is 0.262 e. The summed E-state index contributed by atoms with van der Waals surface area (Å²) in [5.41, 5.74) is 0.650. The molecule has 3 rings (SSSR count). The SMILES string of the molecule is CCCCCc1nnc(NC(=O)c2ccc(S(=O)(=O)Nc3ccccc3OC)cc2)s1. The van der Waals surface area contributed by atoms with Gasteiger partial charge in [0.05, 0.1) is 17.7 Å². The molecule has 31 heavy (non-hydrogen) atoms.